The third-order valence-electron chi connectivity index (χ3n) is 2.39. The predicted molar refractivity (Wildman–Crippen MR) is 65.4 cm³/mol. The van der Waals surface area contributed by atoms with Crippen LogP contribution in [0.15, 0.2) is 12.1 Å². The Bertz CT molecular complexity index is 395. The average molecular weight is 238 g/mol. The number of carbonyl (C=O) groups excluding carboxylic acids is 1. The number of nitrogens with zero attached hydrogens (tertiary/aromatic N) is 2. The monoisotopic (exact) mass is 238 g/mol. The maximum Gasteiger partial charge on any atom is 0.254 e. The highest BCUT2D eigenvalue weighted by molar-refractivity contribution is 5.95. The summed E-state index contributed by atoms with van der Waals surface area (Å²) in [5, 5.41) is 8.88. The SMILES string of the molecule is CCN(CCO)C(=O)c1cc(C)nc(NN)c1. The van der Waals surface area contributed by atoms with Gasteiger partial charge in [0.15, 0.2) is 0 Å². The molecule has 1 heterocycles. The number of rotatable bonds is 5. The molecule has 1 aromatic rings. The number of anilines is 1. The zero-order valence-electron chi connectivity index (χ0n) is 10.1. The van der Waals surface area contributed by atoms with Crippen molar-refractivity contribution in [2.24, 2.45) is 5.84 Å². The number of nitrogens with one attached hydrogen (secondary N) is 1. The minimum Gasteiger partial charge on any atom is -0.395 e. The van der Waals surface area contributed by atoms with Gasteiger partial charge in [-0.25, -0.2) is 10.8 Å². The Morgan fingerprint density at radius 1 is 1.59 bits per heavy atom. The Hall–Kier alpha value is -1.66. The van der Waals surface area contributed by atoms with Gasteiger partial charge in [0.25, 0.3) is 5.91 Å². The van der Waals surface area contributed by atoms with E-state index in [4.69, 9.17) is 10.9 Å². The fraction of sp³-hybridized carbons (Fsp3) is 0.455. The molecule has 0 atom stereocenters. The van der Waals surface area contributed by atoms with Gasteiger partial charge in [-0.05, 0) is 26.0 Å². The lowest BCUT2D eigenvalue weighted by molar-refractivity contribution is 0.0732. The maximum atomic E-state index is 12.1. The minimum atomic E-state index is -0.136. The van der Waals surface area contributed by atoms with Gasteiger partial charge < -0.3 is 15.4 Å². The number of aliphatic hydroxyl groups is 1. The van der Waals surface area contributed by atoms with E-state index in [2.05, 4.69) is 10.4 Å². The van der Waals surface area contributed by atoms with Crippen molar-refractivity contribution < 1.29 is 9.90 Å². The number of hydrazine groups is 1. The van der Waals surface area contributed by atoms with E-state index >= 15 is 0 Å². The van der Waals surface area contributed by atoms with Crippen molar-refractivity contribution in [3.63, 3.8) is 0 Å². The molecule has 6 heteroatoms. The normalized spacial score (nSPS) is 10.1. The second kappa shape index (κ2) is 6.17. The van der Waals surface area contributed by atoms with Gasteiger partial charge in [0.2, 0.25) is 0 Å². The van der Waals surface area contributed by atoms with Gasteiger partial charge in [-0.15, -0.1) is 0 Å². The summed E-state index contributed by atoms with van der Waals surface area (Å²) in [6.45, 7) is 4.48. The lowest BCUT2D eigenvalue weighted by Crippen LogP contribution is -2.33. The maximum absolute atomic E-state index is 12.1. The smallest absolute Gasteiger partial charge is 0.254 e. The molecule has 1 amide bonds. The standard InChI is InChI=1S/C11H18N4O2/c1-3-15(4-5-16)11(17)9-6-8(2)13-10(7-9)14-12/h6-7,16H,3-5,12H2,1-2H3,(H,13,14). The van der Waals surface area contributed by atoms with Crippen LogP contribution in [0.25, 0.3) is 0 Å². The van der Waals surface area contributed by atoms with E-state index in [0.717, 1.165) is 0 Å². The van der Waals surface area contributed by atoms with Crippen molar-refractivity contribution in [3.8, 4) is 0 Å². The Labute approximate surface area is 100 Å². The minimum absolute atomic E-state index is 0.0500. The van der Waals surface area contributed by atoms with E-state index in [0.29, 0.717) is 30.2 Å². The summed E-state index contributed by atoms with van der Waals surface area (Å²) < 4.78 is 0. The fourth-order valence-corrected chi connectivity index (χ4v) is 1.57. The highest BCUT2D eigenvalue weighted by atomic mass is 16.3. The number of aromatic nitrogens is 1. The first kappa shape index (κ1) is 13.4. The van der Waals surface area contributed by atoms with Gasteiger partial charge in [-0.2, -0.15) is 0 Å². The van der Waals surface area contributed by atoms with Crippen molar-refractivity contribution in [2.45, 2.75) is 13.8 Å². The van der Waals surface area contributed by atoms with Crippen LogP contribution in [-0.2, 0) is 0 Å². The molecule has 4 N–H and O–H groups in total. The fourth-order valence-electron chi connectivity index (χ4n) is 1.57. The molecule has 17 heavy (non-hydrogen) atoms. The highest BCUT2D eigenvalue weighted by Gasteiger charge is 2.14. The molecule has 1 rings (SSSR count). The Morgan fingerprint density at radius 3 is 2.82 bits per heavy atom. The molecule has 0 aliphatic heterocycles. The average Bonchev–Trinajstić information content (AvgIpc) is 2.34. The molecule has 0 spiro atoms. The number of likely N-dealkylation sites (N-methyl/N-ethyl adjacent to an activating group) is 1. The van der Waals surface area contributed by atoms with Crippen molar-refractivity contribution in [1.82, 2.24) is 9.88 Å². The third-order valence-corrected chi connectivity index (χ3v) is 2.39. The van der Waals surface area contributed by atoms with Crippen LogP contribution >= 0.6 is 0 Å². The van der Waals surface area contributed by atoms with Crippen LogP contribution in [0.2, 0.25) is 0 Å². The molecule has 0 aliphatic carbocycles. The van der Waals surface area contributed by atoms with E-state index in [1.807, 2.05) is 6.92 Å². The van der Waals surface area contributed by atoms with Crippen molar-refractivity contribution in [3.05, 3.63) is 23.4 Å². The number of aliphatic hydroxyl groups excluding tert-OH is 1. The number of hydrogen-bond acceptors (Lipinski definition) is 5. The zero-order chi connectivity index (χ0) is 12.8. The van der Waals surface area contributed by atoms with E-state index in [9.17, 15) is 4.79 Å². The molecule has 0 radical (unpaired) electrons. The number of carbonyl (C=O) groups is 1. The first-order valence-corrected chi connectivity index (χ1v) is 5.47. The van der Waals surface area contributed by atoms with Crippen LogP contribution in [0.3, 0.4) is 0 Å². The Kier molecular flexibility index (Phi) is 4.86. The molecule has 94 valence electrons. The molecule has 0 saturated carbocycles. The van der Waals surface area contributed by atoms with Gasteiger partial charge in [0.05, 0.1) is 6.61 Å². The second-order valence-corrected chi connectivity index (χ2v) is 3.64. The number of aryl methyl sites for hydroxylation is 1. The summed E-state index contributed by atoms with van der Waals surface area (Å²) in [6, 6.07) is 3.29. The number of nitrogen functional groups attached to an aromatic ring is 1. The molecule has 6 nitrogen and oxygen atoms in total. The van der Waals surface area contributed by atoms with Gasteiger partial charge in [-0.3, -0.25) is 4.79 Å². The number of nitrogens with two attached hydrogens (primary N) is 1. The summed E-state index contributed by atoms with van der Waals surface area (Å²) in [5.41, 5.74) is 3.65. The molecular formula is C11H18N4O2. The van der Waals surface area contributed by atoms with E-state index in [1.54, 1.807) is 24.0 Å². The van der Waals surface area contributed by atoms with Gasteiger partial charge >= 0.3 is 0 Å². The van der Waals surface area contributed by atoms with Gasteiger partial charge in [0.1, 0.15) is 5.82 Å². The Morgan fingerprint density at radius 2 is 2.29 bits per heavy atom. The van der Waals surface area contributed by atoms with Crippen LogP contribution in [0, 0.1) is 6.92 Å². The van der Waals surface area contributed by atoms with Crippen molar-refractivity contribution >= 4 is 11.7 Å². The molecule has 0 aromatic carbocycles. The summed E-state index contributed by atoms with van der Waals surface area (Å²) in [4.78, 5) is 17.8. The zero-order valence-corrected chi connectivity index (χ0v) is 10.1. The number of hydrogen-bond donors (Lipinski definition) is 3. The first-order chi connectivity index (χ1) is 8.12. The summed E-state index contributed by atoms with van der Waals surface area (Å²) in [7, 11) is 0. The van der Waals surface area contributed by atoms with E-state index < -0.39 is 0 Å². The third kappa shape index (κ3) is 3.40. The molecular weight excluding hydrogens is 220 g/mol. The van der Waals surface area contributed by atoms with Crippen LogP contribution in [-0.4, -0.2) is 40.6 Å². The molecule has 0 unspecified atom stereocenters. The highest BCUT2D eigenvalue weighted by Crippen LogP contribution is 2.11. The van der Waals surface area contributed by atoms with E-state index in [1.165, 1.54) is 0 Å². The molecule has 1 aromatic heterocycles. The lowest BCUT2D eigenvalue weighted by atomic mass is 10.2. The summed E-state index contributed by atoms with van der Waals surface area (Å²) in [5.74, 6) is 5.59. The van der Waals surface area contributed by atoms with Crippen LogP contribution in [0.4, 0.5) is 5.82 Å². The molecule has 0 saturated heterocycles. The van der Waals surface area contributed by atoms with Crippen LogP contribution < -0.4 is 11.3 Å². The van der Waals surface area contributed by atoms with Gasteiger partial charge in [0, 0.05) is 24.3 Å². The second-order valence-electron chi connectivity index (χ2n) is 3.64. The summed E-state index contributed by atoms with van der Waals surface area (Å²) in [6.07, 6.45) is 0. The number of amides is 1. The Balaban J connectivity index is 2.97. The van der Waals surface area contributed by atoms with Crippen molar-refractivity contribution in [2.75, 3.05) is 25.1 Å². The molecule has 0 aliphatic rings. The van der Waals surface area contributed by atoms with Gasteiger partial charge in [-0.1, -0.05) is 0 Å². The topological polar surface area (TPSA) is 91.5 Å². The lowest BCUT2D eigenvalue weighted by Gasteiger charge is -2.20. The summed E-state index contributed by atoms with van der Waals surface area (Å²) >= 11 is 0. The molecule has 0 fully saturated rings. The van der Waals surface area contributed by atoms with E-state index in [-0.39, 0.29) is 12.5 Å². The van der Waals surface area contributed by atoms with Crippen LogP contribution in [0.5, 0.6) is 0 Å². The molecule has 0 bridgehead atoms. The van der Waals surface area contributed by atoms with Crippen LogP contribution in [0.1, 0.15) is 23.0 Å². The largest absolute Gasteiger partial charge is 0.395 e. The van der Waals surface area contributed by atoms with Crippen molar-refractivity contribution in [1.29, 1.82) is 0 Å². The first-order valence-electron chi connectivity index (χ1n) is 5.47. The quantitative estimate of drug-likeness (QED) is 0.501. The predicted octanol–water partition coefficient (Wildman–Crippen LogP) is 0.130. The number of pyridine rings is 1.